The SMILES string of the molecule is Cc1noc(C)c1[C@@H]1CCCN1Cc1ccc(F)cc1F. The third-order valence-corrected chi connectivity index (χ3v) is 4.17. The first kappa shape index (κ1) is 14.2. The Kier molecular flexibility index (Phi) is 3.76. The molecule has 0 bridgehead atoms. The molecule has 1 aromatic carbocycles. The van der Waals surface area contributed by atoms with E-state index in [1.165, 1.54) is 12.1 Å². The summed E-state index contributed by atoms with van der Waals surface area (Å²) in [7, 11) is 0. The van der Waals surface area contributed by atoms with Crippen LogP contribution in [0.5, 0.6) is 0 Å². The first-order valence-electron chi connectivity index (χ1n) is 7.17. The zero-order valence-electron chi connectivity index (χ0n) is 12.2. The predicted octanol–water partition coefficient (Wildman–Crippen LogP) is 3.91. The van der Waals surface area contributed by atoms with Gasteiger partial charge in [-0.05, 0) is 39.3 Å². The Morgan fingerprint density at radius 3 is 2.81 bits per heavy atom. The zero-order chi connectivity index (χ0) is 15.0. The molecule has 0 unspecified atom stereocenters. The second kappa shape index (κ2) is 5.56. The summed E-state index contributed by atoms with van der Waals surface area (Å²) in [6.45, 7) is 5.21. The van der Waals surface area contributed by atoms with Crippen molar-refractivity contribution in [1.29, 1.82) is 0 Å². The molecule has 1 aliphatic rings. The number of nitrogens with zero attached hydrogens (tertiary/aromatic N) is 2. The summed E-state index contributed by atoms with van der Waals surface area (Å²) in [5.74, 6) is -0.205. The van der Waals surface area contributed by atoms with E-state index in [-0.39, 0.29) is 6.04 Å². The lowest BCUT2D eigenvalue weighted by molar-refractivity contribution is 0.242. The summed E-state index contributed by atoms with van der Waals surface area (Å²) in [6, 6.07) is 3.96. The predicted molar refractivity (Wildman–Crippen MR) is 74.7 cm³/mol. The van der Waals surface area contributed by atoms with E-state index in [4.69, 9.17) is 4.52 Å². The van der Waals surface area contributed by atoms with Crippen LogP contribution in [0.1, 0.15) is 41.5 Å². The maximum Gasteiger partial charge on any atom is 0.138 e. The number of hydrogen-bond acceptors (Lipinski definition) is 3. The van der Waals surface area contributed by atoms with Gasteiger partial charge in [0, 0.05) is 29.8 Å². The zero-order valence-corrected chi connectivity index (χ0v) is 12.2. The van der Waals surface area contributed by atoms with Crippen molar-refractivity contribution in [2.45, 2.75) is 39.3 Å². The van der Waals surface area contributed by atoms with E-state index in [1.54, 1.807) is 0 Å². The van der Waals surface area contributed by atoms with Gasteiger partial charge < -0.3 is 4.52 Å². The maximum absolute atomic E-state index is 13.8. The first-order chi connectivity index (χ1) is 10.1. The van der Waals surface area contributed by atoms with Crippen LogP contribution in [0.4, 0.5) is 8.78 Å². The quantitative estimate of drug-likeness (QED) is 0.859. The molecule has 21 heavy (non-hydrogen) atoms. The van der Waals surface area contributed by atoms with E-state index >= 15 is 0 Å². The van der Waals surface area contributed by atoms with E-state index in [0.717, 1.165) is 42.5 Å². The third-order valence-electron chi connectivity index (χ3n) is 4.17. The molecule has 0 N–H and O–H groups in total. The van der Waals surface area contributed by atoms with E-state index in [1.807, 2.05) is 13.8 Å². The Bertz CT molecular complexity index is 634. The topological polar surface area (TPSA) is 29.3 Å². The Morgan fingerprint density at radius 1 is 1.33 bits per heavy atom. The van der Waals surface area contributed by atoms with Crippen molar-refractivity contribution in [3.05, 3.63) is 52.4 Å². The van der Waals surface area contributed by atoms with Crippen molar-refractivity contribution in [1.82, 2.24) is 10.1 Å². The van der Waals surface area contributed by atoms with Crippen LogP contribution in [0.3, 0.4) is 0 Å². The lowest BCUT2D eigenvalue weighted by Gasteiger charge is -2.24. The summed E-state index contributed by atoms with van der Waals surface area (Å²) >= 11 is 0. The Labute approximate surface area is 122 Å². The van der Waals surface area contributed by atoms with Gasteiger partial charge in [0.05, 0.1) is 5.69 Å². The molecule has 0 spiro atoms. The summed E-state index contributed by atoms with van der Waals surface area (Å²) in [5.41, 5.74) is 2.52. The molecule has 0 radical (unpaired) electrons. The normalized spacial score (nSPS) is 19.3. The number of halogens is 2. The van der Waals surface area contributed by atoms with Crippen LogP contribution in [0.15, 0.2) is 22.7 Å². The fourth-order valence-electron chi connectivity index (χ4n) is 3.18. The lowest BCUT2D eigenvalue weighted by Crippen LogP contribution is -2.24. The van der Waals surface area contributed by atoms with Gasteiger partial charge in [0.15, 0.2) is 0 Å². The number of aryl methyl sites for hydroxylation is 2. The van der Waals surface area contributed by atoms with Crippen molar-refractivity contribution in [2.24, 2.45) is 0 Å². The molecule has 5 heteroatoms. The van der Waals surface area contributed by atoms with Crippen LogP contribution in [-0.4, -0.2) is 16.6 Å². The highest BCUT2D eigenvalue weighted by molar-refractivity contribution is 5.27. The lowest BCUT2D eigenvalue weighted by atomic mass is 10.0. The molecule has 1 atom stereocenters. The summed E-state index contributed by atoms with van der Waals surface area (Å²) < 4.78 is 32.1. The first-order valence-corrected chi connectivity index (χ1v) is 7.17. The van der Waals surface area contributed by atoms with Gasteiger partial charge in [-0.3, -0.25) is 4.90 Å². The van der Waals surface area contributed by atoms with Gasteiger partial charge in [0.1, 0.15) is 17.4 Å². The average Bonchev–Trinajstić information content (AvgIpc) is 3.00. The van der Waals surface area contributed by atoms with Crippen LogP contribution in [-0.2, 0) is 6.54 Å². The minimum absolute atomic E-state index is 0.195. The third kappa shape index (κ3) is 2.70. The molecule has 0 saturated carbocycles. The van der Waals surface area contributed by atoms with Crippen LogP contribution in [0.2, 0.25) is 0 Å². The number of likely N-dealkylation sites (tertiary alicyclic amines) is 1. The number of benzene rings is 1. The molecule has 0 aliphatic carbocycles. The maximum atomic E-state index is 13.8. The standard InChI is InChI=1S/C16H18F2N2O/c1-10-16(11(2)21-19-10)15-4-3-7-20(15)9-12-5-6-13(17)8-14(12)18/h5-6,8,15H,3-4,7,9H2,1-2H3/t15-/m0/s1. The van der Waals surface area contributed by atoms with Crippen molar-refractivity contribution < 1.29 is 13.3 Å². The van der Waals surface area contributed by atoms with Crippen LogP contribution < -0.4 is 0 Å². The molecule has 3 rings (SSSR count). The molecular weight excluding hydrogens is 274 g/mol. The van der Waals surface area contributed by atoms with Crippen molar-refractivity contribution in [2.75, 3.05) is 6.54 Å². The van der Waals surface area contributed by atoms with Crippen molar-refractivity contribution >= 4 is 0 Å². The Hall–Kier alpha value is -1.75. The van der Waals surface area contributed by atoms with E-state index in [2.05, 4.69) is 10.1 Å². The highest BCUT2D eigenvalue weighted by Crippen LogP contribution is 2.36. The van der Waals surface area contributed by atoms with Crippen LogP contribution >= 0.6 is 0 Å². The summed E-state index contributed by atoms with van der Waals surface area (Å²) in [6.07, 6.45) is 2.06. The number of rotatable bonds is 3. The van der Waals surface area contributed by atoms with E-state index in [9.17, 15) is 8.78 Å². The Morgan fingerprint density at radius 2 is 2.14 bits per heavy atom. The van der Waals surface area contributed by atoms with Gasteiger partial charge in [-0.1, -0.05) is 11.2 Å². The minimum atomic E-state index is -0.542. The molecule has 2 aromatic rings. The molecule has 3 nitrogen and oxygen atoms in total. The minimum Gasteiger partial charge on any atom is -0.361 e. The summed E-state index contributed by atoms with van der Waals surface area (Å²) in [4.78, 5) is 2.21. The molecule has 1 aromatic heterocycles. The van der Waals surface area contributed by atoms with E-state index < -0.39 is 11.6 Å². The fourth-order valence-corrected chi connectivity index (χ4v) is 3.18. The van der Waals surface area contributed by atoms with Gasteiger partial charge in [-0.25, -0.2) is 8.78 Å². The largest absolute Gasteiger partial charge is 0.361 e. The fraction of sp³-hybridized carbons (Fsp3) is 0.438. The van der Waals surface area contributed by atoms with Crippen LogP contribution in [0, 0.1) is 25.5 Å². The van der Waals surface area contributed by atoms with E-state index in [0.29, 0.717) is 12.1 Å². The average molecular weight is 292 g/mol. The summed E-state index contributed by atoms with van der Waals surface area (Å²) in [5, 5.41) is 4.01. The number of aromatic nitrogens is 1. The van der Waals surface area contributed by atoms with Gasteiger partial charge >= 0.3 is 0 Å². The molecule has 2 heterocycles. The molecule has 112 valence electrons. The van der Waals surface area contributed by atoms with Crippen molar-refractivity contribution in [3.63, 3.8) is 0 Å². The van der Waals surface area contributed by atoms with Gasteiger partial charge in [-0.2, -0.15) is 0 Å². The Balaban J connectivity index is 1.85. The van der Waals surface area contributed by atoms with Crippen LogP contribution in [0.25, 0.3) is 0 Å². The second-order valence-corrected chi connectivity index (χ2v) is 5.60. The highest BCUT2D eigenvalue weighted by Gasteiger charge is 2.31. The van der Waals surface area contributed by atoms with Gasteiger partial charge in [0.2, 0.25) is 0 Å². The monoisotopic (exact) mass is 292 g/mol. The van der Waals surface area contributed by atoms with Gasteiger partial charge in [0.25, 0.3) is 0 Å². The molecule has 1 fully saturated rings. The molecule has 1 aliphatic heterocycles. The molecule has 0 amide bonds. The smallest absolute Gasteiger partial charge is 0.138 e. The van der Waals surface area contributed by atoms with Gasteiger partial charge in [-0.15, -0.1) is 0 Å². The second-order valence-electron chi connectivity index (χ2n) is 5.60. The number of hydrogen-bond donors (Lipinski definition) is 0. The highest BCUT2D eigenvalue weighted by atomic mass is 19.1. The van der Waals surface area contributed by atoms with Crippen molar-refractivity contribution in [3.8, 4) is 0 Å². The molecule has 1 saturated heterocycles. The molecular formula is C16H18F2N2O.